The Morgan fingerprint density at radius 3 is 2.48 bits per heavy atom. The third-order valence-electron chi connectivity index (χ3n) is 4.56. The highest BCUT2D eigenvalue weighted by molar-refractivity contribution is 7.16. The number of thiazole rings is 1. The minimum Gasteiger partial charge on any atom is -0.383 e. The molecule has 0 bridgehead atoms. The van der Waals surface area contributed by atoms with Crippen LogP contribution in [0.15, 0.2) is 47.5 Å². The molecule has 0 spiro atoms. The van der Waals surface area contributed by atoms with Crippen LogP contribution < -0.4 is 4.80 Å². The molecule has 4 rings (SSSR count). The van der Waals surface area contributed by atoms with Crippen molar-refractivity contribution in [1.29, 1.82) is 0 Å². The zero-order chi connectivity index (χ0) is 20.5. The number of methoxy groups -OCH3 is 1. The Balaban J connectivity index is 1.66. The average molecular weight is 430 g/mol. The first kappa shape index (κ1) is 19.5. The fourth-order valence-corrected chi connectivity index (χ4v) is 4.54. The molecule has 0 N–H and O–H groups in total. The van der Waals surface area contributed by atoms with Crippen LogP contribution in [0.1, 0.15) is 20.7 Å². The molecule has 0 saturated heterocycles. The van der Waals surface area contributed by atoms with Gasteiger partial charge in [-0.15, -0.1) is 0 Å². The molecule has 0 radical (unpaired) electrons. The lowest BCUT2D eigenvalue weighted by atomic mass is 10.1. The summed E-state index contributed by atoms with van der Waals surface area (Å²) in [6.45, 7) is 0.525. The van der Waals surface area contributed by atoms with Crippen LogP contribution in [-0.2, 0) is 16.1 Å². The van der Waals surface area contributed by atoms with Gasteiger partial charge in [-0.05, 0) is 30.3 Å². The molecule has 1 aliphatic rings. The number of hydrogen-bond acceptors (Lipinski definition) is 5. The standard InChI is InChI=1S/C20H16ClN3O4S/c1-28-9-8-23-15-7-6-12(21)10-16(15)29-20(23)22-17(25)11-24-18(26)13-4-2-3-5-14(13)19(24)27/h2-7,10H,8-9,11H2,1H3. The molecule has 0 aliphatic carbocycles. The van der Waals surface area contributed by atoms with Gasteiger partial charge in [0.25, 0.3) is 17.7 Å². The van der Waals surface area contributed by atoms with Gasteiger partial charge in [-0.2, -0.15) is 4.99 Å². The molecule has 3 amide bonds. The van der Waals surface area contributed by atoms with E-state index in [1.807, 2.05) is 10.6 Å². The molecule has 2 heterocycles. The third kappa shape index (κ3) is 3.62. The Morgan fingerprint density at radius 1 is 1.14 bits per heavy atom. The Bertz CT molecular complexity index is 1180. The van der Waals surface area contributed by atoms with E-state index < -0.39 is 24.3 Å². The highest BCUT2D eigenvalue weighted by Crippen LogP contribution is 2.23. The van der Waals surface area contributed by atoms with Crippen LogP contribution in [0.4, 0.5) is 0 Å². The molecule has 0 atom stereocenters. The minimum absolute atomic E-state index is 0.303. The number of halogens is 1. The van der Waals surface area contributed by atoms with Crippen LogP contribution in [0.5, 0.6) is 0 Å². The number of aromatic nitrogens is 1. The van der Waals surface area contributed by atoms with Gasteiger partial charge in [0.1, 0.15) is 6.54 Å². The molecule has 0 saturated carbocycles. The maximum atomic E-state index is 12.6. The van der Waals surface area contributed by atoms with Crippen LogP contribution in [0, 0.1) is 0 Å². The summed E-state index contributed by atoms with van der Waals surface area (Å²) < 4.78 is 7.89. The summed E-state index contributed by atoms with van der Waals surface area (Å²) in [5.41, 5.74) is 1.48. The lowest BCUT2D eigenvalue weighted by molar-refractivity contribution is -0.118. The Kier molecular flexibility index (Phi) is 5.31. The summed E-state index contributed by atoms with van der Waals surface area (Å²) >= 11 is 7.38. The Morgan fingerprint density at radius 2 is 1.83 bits per heavy atom. The number of imide groups is 1. The van der Waals surface area contributed by atoms with Crippen molar-refractivity contribution in [2.75, 3.05) is 20.3 Å². The topological polar surface area (TPSA) is 81.0 Å². The van der Waals surface area contributed by atoms with Crippen molar-refractivity contribution in [2.24, 2.45) is 4.99 Å². The van der Waals surface area contributed by atoms with Gasteiger partial charge >= 0.3 is 0 Å². The molecule has 0 unspecified atom stereocenters. The average Bonchev–Trinajstić information content (AvgIpc) is 3.16. The lowest BCUT2D eigenvalue weighted by Crippen LogP contribution is -2.35. The monoisotopic (exact) mass is 429 g/mol. The molecule has 7 nitrogen and oxygen atoms in total. The lowest BCUT2D eigenvalue weighted by Gasteiger charge is -2.10. The van der Waals surface area contributed by atoms with E-state index in [0.717, 1.165) is 15.1 Å². The number of fused-ring (bicyclic) bond motifs is 2. The number of nitrogens with zero attached hydrogens (tertiary/aromatic N) is 3. The zero-order valence-corrected chi connectivity index (χ0v) is 17.0. The summed E-state index contributed by atoms with van der Waals surface area (Å²) in [6, 6.07) is 11.9. The van der Waals surface area contributed by atoms with Gasteiger partial charge in [0.2, 0.25) is 0 Å². The van der Waals surface area contributed by atoms with E-state index in [9.17, 15) is 14.4 Å². The second kappa shape index (κ2) is 7.90. The first-order chi connectivity index (χ1) is 14.0. The first-order valence-electron chi connectivity index (χ1n) is 8.80. The third-order valence-corrected chi connectivity index (χ3v) is 5.83. The largest absolute Gasteiger partial charge is 0.383 e. The number of carbonyl (C=O) groups is 3. The van der Waals surface area contributed by atoms with Crippen molar-refractivity contribution in [3.8, 4) is 0 Å². The van der Waals surface area contributed by atoms with Crippen LogP contribution in [0.25, 0.3) is 10.2 Å². The van der Waals surface area contributed by atoms with Gasteiger partial charge in [0.15, 0.2) is 4.80 Å². The zero-order valence-electron chi connectivity index (χ0n) is 15.4. The fourth-order valence-electron chi connectivity index (χ4n) is 3.19. The maximum Gasteiger partial charge on any atom is 0.268 e. The normalized spacial score (nSPS) is 14.1. The smallest absolute Gasteiger partial charge is 0.268 e. The molecular formula is C20H16ClN3O4S. The predicted octanol–water partition coefficient (Wildman–Crippen LogP) is 2.73. The van der Waals surface area contributed by atoms with E-state index in [4.69, 9.17) is 16.3 Å². The van der Waals surface area contributed by atoms with Crippen molar-refractivity contribution >= 4 is 50.9 Å². The molecular weight excluding hydrogens is 414 g/mol. The summed E-state index contributed by atoms with van der Waals surface area (Å²) in [6.07, 6.45) is 0. The minimum atomic E-state index is -0.580. The van der Waals surface area contributed by atoms with E-state index in [1.165, 1.54) is 11.3 Å². The molecule has 29 heavy (non-hydrogen) atoms. The van der Waals surface area contributed by atoms with Crippen LogP contribution in [0.2, 0.25) is 5.02 Å². The van der Waals surface area contributed by atoms with Crippen LogP contribution in [-0.4, -0.2) is 47.4 Å². The highest BCUT2D eigenvalue weighted by Gasteiger charge is 2.36. The molecule has 1 aromatic heterocycles. The number of ether oxygens (including phenoxy) is 1. The summed E-state index contributed by atoms with van der Waals surface area (Å²) in [5.74, 6) is -1.54. The number of amides is 3. The molecule has 1 aliphatic heterocycles. The number of carbonyl (C=O) groups excluding carboxylic acids is 3. The fraction of sp³-hybridized carbons (Fsp3) is 0.200. The van der Waals surface area contributed by atoms with E-state index in [-0.39, 0.29) is 0 Å². The SMILES string of the molecule is COCCn1c(=NC(=O)CN2C(=O)c3ccccc3C2=O)sc2cc(Cl)ccc21. The van der Waals surface area contributed by atoms with Crippen molar-refractivity contribution in [3.63, 3.8) is 0 Å². The van der Waals surface area contributed by atoms with Gasteiger partial charge in [0.05, 0.1) is 28.0 Å². The second-order valence-corrected chi connectivity index (χ2v) is 7.83. The molecule has 0 fully saturated rings. The van der Waals surface area contributed by atoms with Gasteiger partial charge in [-0.1, -0.05) is 35.1 Å². The van der Waals surface area contributed by atoms with Gasteiger partial charge in [0, 0.05) is 18.7 Å². The summed E-state index contributed by atoms with van der Waals surface area (Å²) in [4.78, 5) is 43.1. The van der Waals surface area contributed by atoms with Gasteiger partial charge < -0.3 is 9.30 Å². The first-order valence-corrected chi connectivity index (χ1v) is 9.99. The van der Waals surface area contributed by atoms with E-state index in [2.05, 4.69) is 4.99 Å². The predicted molar refractivity (Wildman–Crippen MR) is 109 cm³/mol. The molecule has 3 aromatic rings. The highest BCUT2D eigenvalue weighted by atomic mass is 35.5. The van der Waals surface area contributed by atoms with E-state index in [0.29, 0.717) is 34.1 Å². The summed E-state index contributed by atoms with van der Waals surface area (Å²) in [5, 5.41) is 0.585. The molecule has 2 aromatic carbocycles. The van der Waals surface area contributed by atoms with E-state index in [1.54, 1.807) is 43.5 Å². The number of rotatable bonds is 5. The Hall–Kier alpha value is -2.81. The van der Waals surface area contributed by atoms with Crippen LogP contribution in [0.3, 0.4) is 0 Å². The van der Waals surface area contributed by atoms with Crippen molar-refractivity contribution in [2.45, 2.75) is 6.54 Å². The van der Waals surface area contributed by atoms with Crippen LogP contribution >= 0.6 is 22.9 Å². The van der Waals surface area contributed by atoms with Crippen molar-refractivity contribution in [1.82, 2.24) is 9.47 Å². The van der Waals surface area contributed by atoms with Gasteiger partial charge in [-0.25, -0.2) is 0 Å². The van der Waals surface area contributed by atoms with E-state index >= 15 is 0 Å². The summed E-state index contributed by atoms with van der Waals surface area (Å²) in [7, 11) is 1.59. The quantitative estimate of drug-likeness (QED) is 0.584. The molecule has 148 valence electrons. The Labute approximate surface area is 174 Å². The molecule has 9 heteroatoms. The number of hydrogen-bond donors (Lipinski definition) is 0. The second-order valence-electron chi connectivity index (χ2n) is 6.39. The van der Waals surface area contributed by atoms with Crippen molar-refractivity contribution in [3.05, 3.63) is 63.4 Å². The maximum absolute atomic E-state index is 12.6. The number of benzene rings is 2. The van der Waals surface area contributed by atoms with Crippen molar-refractivity contribution < 1.29 is 19.1 Å². The van der Waals surface area contributed by atoms with Gasteiger partial charge in [-0.3, -0.25) is 19.3 Å².